The van der Waals surface area contributed by atoms with Crippen LogP contribution in [0.1, 0.15) is 67.4 Å². The summed E-state index contributed by atoms with van der Waals surface area (Å²) < 4.78 is 61.7. The summed E-state index contributed by atoms with van der Waals surface area (Å²) >= 11 is 0. The first-order chi connectivity index (χ1) is 35.3. The molecule has 388 valence electrons. The van der Waals surface area contributed by atoms with Crippen LogP contribution in [0.5, 0.6) is 80.5 Å². The Balaban J connectivity index is 0.000000183. The first-order valence-electron chi connectivity index (χ1n) is 22.2. The van der Waals surface area contributed by atoms with Gasteiger partial charge < -0.3 is 88.4 Å². The third kappa shape index (κ3) is 9.75. The van der Waals surface area contributed by atoms with Crippen molar-refractivity contribution in [2.75, 3.05) is 27.4 Å². The van der Waals surface area contributed by atoms with Gasteiger partial charge in [0, 0.05) is 35.4 Å². The number of aliphatic hydroxyl groups is 4. The number of rotatable bonds is 10. The molecule has 10 rings (SSSR count). The molecule has 4 aliphatic heterocycles. The number of Topliss-reactive ketones (excluding diaryl/α,β-unsaturated/α-hetero) is 2. The molecule has 0 spiro atoms. The summed E-state index contributed by atoms with van der Waals surface area (Å²) in [5, 5.41) is 91.0. The topological polar surface area (TPSA) is 357 Å². The van der Waals surface area contributed by atoms with Gasteiger partial charge in [-0.25, -0.2) is 4.57 Å². The van der Waals surface area contributed by atoms with Crippen LogP contribution in [0.25, 0.3) is 0 Å². The normalized spacial score (nSPS) is 22.4. The molecule has 0 fully saturated rings. The van der Waals surface area contributed by atoms with Gasteiger partial charge in [0.1, 0.15) is 45.6 Å². The van der Waals surface area contributed by atoms with Crippen molar-refractivity contribution in [2.45, 2.75) is 48.8 Å². The summed E-state index contributed by atoms with van der Waals surface area (Å²) in [5.41, 5.74) is 1.18. The number of phosphoric ester groups is 1. The highest BCUT2D eigenvalue weighted by Gasteiger charge is 2.43. The van der Waals surface area contributed by atoms with Crippen LogP contribution in [-0.4, -0.2) is 119 Å². The number of hydrogen-bond acceptors (Lipinski definition) is 21. The predicted molar refractivity (Wildman–Crippen MR) is 250 cm³/mol. The van der Waals surface area contributed by atoms with Crippen LogP contribution >= 0.6 is 7.82 Å². The molecule has 24 heteroatoms. The van der Waals surface area contributed by atoms with E-state index in [2.05, 4.69) is 4.52 Å². The van der Waals surface area contributed by atoms with E-state index in [1.165, 1.54) is 56.7 Å². The second-order valence-electron chi connectivity index (χ2n) is 17.0. The Kier molecular flexibility index (Phi) is 13.8. The highest BCUT2D eigenvalue weighted by Crippen LogP contribution is 2.50. The van der Waals surface area contributed by atoms with Crippen molar-refractivity contribution in [3.8, 4) is 80.5 Å². The third-order valence-electron chi connectivity index (χ3n) is 12.2. The fourth-order valence-electron chi connectivity index (χ4n) is 8.74. The number of hydrogen-bond donors (Lipinski definition) is 11. The minimum absolute atomic E-state index is 0.0540. The average molecular weight is 1040 g/mol. The van der Waals surface area contributed by atoms with Crippen LogP contribution in [0.2, 0.25) is 0 Å². The number of phenols is 5. The Morgan fingerprint density at radius 3 is 1.31 bits per heavy atom. The van der Waals surface area contributed by atoms with E-state index in [0.29, 0.717) is 22.4 Å². The Hall–Kier alpha value is -8.15. The van der Waals surface area contributed by atoms with Gasteiger partial charge >= 0.3 is 7.82 Å². The van der Waals surface area contributed by atoms with Crippen molar-refractivity contribution in [1.82, 2.24) is 0 Å². The van der Waals surface area contributed by atoms with Crippen molar-refractivity contribution in [1.29, 1.82) is 0 Å². The van der Waals surface area contributed by atoms with Crippen molar-refractivity contribution in [3.63, 3.8) is 0 Å². The number of phenolic OH excluding ortho intramolecular Hbond substituents is 5. The van der Waals surface area contributed by atoms with Gasteiger partial charge in [0.15, 0.2) is 94.8 Å². The zero-order valence-corrected chi connectivity index (χ0v) is 39.4. The van der Waals surface area contributed by atoms with Crippen LogP contribution < -0.4 is 42.4 Å². The van der Waals surface area contributed by atoms with E-state index in [-0.39, 0.29) is 80.8 Å². The lowest BCUT2D eigenvalue weighted by Gasteiger charge is -2.35. The molecule has 0 unspecified atom stereocenters. The molecule has 0 aromatic heterocycles. The Labute approximate surface area is 417 Å². The number of methoxy groups -OCH3 is 2. The molecule has 0 saturated heterocycles. The summed E-state index contributed by atoms with van der Waals surface area (Å²) in [6.07, 6.45) is -8.96. The van der Waals surface area contributed by atoms with Crippen LogP contribution in [-0.2, 0) is 4.57 Å². The quantitative estimate of drug-likeness (QED) is 0.0842. The number of aliphatic hydroxyl groups excluding tert-OH is 4. The fourth-order valence-corrected chi connectivity index (χ4v) is 9.12. The molecule has 74 heavy (non-hydrogen) atoms. The summed E-state index contributed by atoms with van der Waals surface area (Å²) in [5.74, 6) is -2.54. The number of carbonyl (C=O) groups excluding carboxylic acids is 2. The van der Waals surface area contributed by atoms with Crippen LogP contribution in [0, 0.1) is 0 Å². The van der Waals surface area contributed by atoms with Crippen molar-refractivity contribution in [3.05, 3.63) is 130 Å². The predicted octanol–water partition coefficient (Wildman–Crippen LogP) is 4.49. The van der Waals surface area contributed by atoms with E-state index < -0.39 is 92.1 Å². The van der Waals surface area contributed by atoms with Gasteiger partial charge in [-0.2, -0.15) is 0 Å². The van der Waals surface area contributed by atoms with Gasteiger partial charge in [-0.15, -0.1) is 0 Å². The molecule has 0 aliphatic carbocycles. The molecule has 11 N–H and O–H groups in total. The molecule has 6 aromatic rings. The molecule has 8 atom stereocenters. The number of fused-ring (bicyclic) bond motifs is 4. The van der Waals surface area contributed by atoms with Gasteiger partial charge in [0.2, 0.25) is 11.6 Å². The molecular formula is C50H45O23P. The second kappa shape index (κ2) is 20.0. The maximum Gasteiger partial charge on any atom is 0.524 e. The first kappa shape index (κ1) is 50.8. The number of benzene rings is 6. The summed E-state index contributed by atoms with van der Waals surface area (Å²) in [7, 11) is -2.18. The largest absolute Gasteiger partial charge is 0.524 e. The average Bonchev–Trinajstić information content (AvgIpc) is 3.37. The molecule has 0 radical (unpaired) electrons. The standard InChI is InChI=1S/C25H23O13P.C25H22O10/c1-34-17-6-11(2-4-14(17)27)24-20(10-26)35-16-5-3-12(7-18(16)36-24)25-23(30)22(29)21-15(28)8-13(9-19(21)37-25)38-39(31,32)33;1-32-17-6-11(2-4-14(17)28)24-20(10-26)33-16-5-3-12(7-18(16)34-24)25-23(31)22(30)21-15(29)8-13(27)9-19(21)35-25/h2-9,20,23-28,30H,10H2,1H3,(H2,31,32,33);2-9,20,23-29,31H,10H2,1H3/t2*20-,23+,24-,25-/m00/s1. The molecule has 0 amide bonds. The molecule has 0 bridgehead atoms. The lowest BCUT2D eigenvalue weighted by molar-refractivity contribution is -0.0130. The number of phosphoric acid groups is 1. The van der Waals surface area contributed by atoms with Gasteiger partial charge in [0.25, 0.3) is 0 Å². The van der Waals surface area contributed by atoms with Gasteiger partial charge in [0.05, 0.1) is 27.4 Å². The van der Waals surface area contributed by atoms with E-state index in [4.69, 9.17) is 47.7 Å². The van der Waals surface area contributed by atoms with Gasteiger partial charge in [-0.1, -0.05) is 24.3 Å². The number of aromatic hydroxyl groups is 5. The minimum atomic E-state index is -4.98. The molecule has 4 aliphatic rings. The molecule has 4 heterocycles. The van der Waals surface area contributed by atoms with Gasteiger partial charge in [-0.3, -0.25) is 19.4 Å². The number of carbonyl (C=O) groups is 2. The number of ether oxygens (including phenoxy) is 8. The second-order valence-corrected chi connectivity index (χ2v) is 18.1. The van der Waals surface area contributed by atoms with Crippen LogP contribution in [0.4, 0.5) is 0 Å². The number of ketones is 2. The SMILES string of the molecule is COc1cc([C@@H]2Oc3cc([C@@H]4Oc5cc(O)cc(O)c5C(=O)[C@H]4O)ccc3O[C@H]2CO)ccc1O.COc1cc([C@@H]2Oc3cc([C@@H]4Oc5cc(OP(=O)(O)O)cc(O)c5C(=O)[C@H]4O)ccc3O[C@H]2CO)ccc1O. The Morgan fingerprint density at radius 2 is 0.878 bits per heavy atom. The summed E-state index contributed by atoms with van der Waals surface area (Å²) in [6, 6.07) is 22.3. The van der Waals surface area contributed by atoms with E-state index in [9.17, 15) is 60.1 Å². The Bertz CT molecular complexity index is 3210. The van der Waals surface area contributed by atoms with Gasteiger partial charge in [-0.05, 0) is 59.7 Å². The molecule has 0 saturated carbocycles. The minimum Gasteiger partial charge on any atom is -0.508 e. The molecular weight excluding hydrogens is 1000 g/mol. The highest BCUT2D eigenvalue weighted by atomic mass is 31.2. The lowest BCUT2D eigenvalue weighted by atomic mass is 9.92. The first-order valence-corrected chi connectivity index (χ1v) is 23.7. The monoisotopic (exact) mass is 1040 g/mol. The molecule has 6 aromatic carbocycles. The fraction of sp³-hybridized carbons (Fsp3) is 0.240. The highest BCUT2D eigenvalue weighted by molar-refractivity contribution is 7.46. The van der Waals surface area contributed by atoms with Crippen LogP contribution in [0.15, 0.2) is 97.1 Å². The van der Waals surface area contributed by atoms with E-state index >= 15 is 0 Å². The zero-order chi connectivity index (χ0) is 52.9. The Morgan fingerprint density at radius 1 is 0.473 bits per heavy atom. The lowest BCUT2D eigenvalue weighted by Crippen LogP contribution is -2.37. The van der Waals surface area contributed by atoms with E-state index in [0.717, 1.165) is 18.2 Å². The van der Waals surface area contributed by atoms with Crippen molar-refractivity contribution >= 4 is 19.4 Å². The third-order valence-corrected chi connectivity index (χ3v) is 12.7. The van der Waals surface area contributed by atoms with Crippen molar-refractivity contribution in [2.24, 2.45) is 0 Å². The van der Waals surface area contributed by atoms with Crippen LogP contribution in [0.3, 0.4) is 0 Å². The zero-order valence-electron chi connectivity index (χ0n) is 38.5. The summed E-state index contributed by atoms with van der Waals surface area (Å²) in [4.78, 5) is 43.8. The maximum absolute atomic E-state index is 12.9. The van der Waals surface area contributed by atoms with E-state index in [1.807, 2.05) is 0 Å². The van der Waals surface area contributed by atoms with Crippen molar-refractivity contribution < 1.29 is 112 Å². The molecule has 23 nitrogen and oxygen atoms in total. The van der Waals surface area contributed by atoms with E-state index in [1.54, 1.807) is 36.4 Å². The smallest absolute Gasteiger partial charge is 0.508 e. The summed E-state index contributed by atoms with van der Waals surface area (Å²) in [6.45, 7) is -0.745. The maximum atomic E-state index is 12.9.